The van der Waals surface area contributed by atoms with Crippen LogP contribution in [-0.2, 0) is 22.7 Å². The summed E-state index contributed by atoms with van der Waals surface area (Å²) in [5, 5.41) is 2.33. The number of nitrogen functional groups attached to an aromatic ring is 1. The molecule has 0 aliphatic carbocycles. The summed E-state index contributed by atoms with van der Waals surface area (Å²) in [7, 11) is 0. The fraction of sp³-hybridized carbons (Fsp3) is 0.318. The SMILES string of the molecule is Nc1ccc2c(c1)N(Cc1ccc3c(c1)C(=O)N(C1CCC(=O)NC1=O)C3)CCO2. The largest absolute Gasteiger partial charge is 0.490 e. The summed E-state index contributed by atoms with van der Waals surface area (Å²) in [6, 6.07) is 10.9. The van der Waals surface area contributed by atoms with Crippen molar-refractivity contribution < 1.29 is 19.1 Å². The second-order valence-electron chi connectivity index (χ2n) is 7.89. The number of carbonyl (C=O) groups is 3. The highest BCUT2D eigenvalue weighted by Crippen LogP contribution is 2.35. The van der Waals surface area contributed by atoms with Crippen molar-refractivity contribution in [1.29, 1.82) is 0 Å². The summed E-state index contributed by atoms with van der Waals surface area (Å²) in [5.41, 5.74) is 10.1. The van der Waals surface area contributed by atoms with Crippen molar-refractivity contribution >= 4 is 29.1 Å². The van der Waals surface area contributed by atoms with Crippen LogP contribution in [0.5, 0.6) is 5.75 Å². The molecule has 154 valence electrons. The van der Waals surface area contributed by atoms with E-state index in [1.807, 2.05) is 36.4 Å². The first-order chi connectivity index (χ1) is 14.5. The zero-order valence-corrected chi connectivity index (χ0v) is 16.4. The minimum atomic E-state index is -0.597. The molecule has 1 atom stereocenters. The predicted octanol–water partition coefficient (Wildman–Crippen LogP) is 1.43. The molecule has 30 heavy (non-hydrogen) atoms. The zero-order chi connectivity index (χ0) is 20.8. The molecule has 3 amide bonds. The first-order valence-corrected chi connectivity index (χ1v) is 10.0. The number of fused-ring (bicyclic) bond motifs is 2. The number of anilines is 2. The summed E-state index contributed by atoms with van der Waals surface area (Å²) in [6.45, 7) is 2.32. The van der Waals surface area contributed by atoms with Crippen LogP contribution in [0.25, 0.3) is 0 Å². The number of hydrogen-bond donors (Lipinski definition) is 2. The molecule has 5 rings (SSSR count). The van der Waals surface area contributed by atoms with Gasteiger partial charge < -0.3 is 20.3 Å². The Labute approximate surface area is 173 Å². The Morgan fingerprint density at radius 3 is 2.83 bits per heavy atom. The Hall–Kier alpha value is -3.55. The number of imide groups is 1. The van der Waals surface area contributed by atoms with Crippen LogP contribution in [0.1, 0.15) is 34.3 Å². The highest BCUT2D eigenvalue weighted by atomic mass is 16.5. The van der Waals surface area contributed by atoms with Gasteiger partial charge in [0.05, 0.1) is 12.2 Å². The van der Waals surface area contributed by atoms with Crippen molar-refractivity contribution in [3.8, 4) is 5.75 Å². The minimum Gasteiger partial charge on any atom is -0.490 e. The number of carbonyl (C=O) groups excluding carboxylic acids is 3. The fourth-order valence-electron chi connectivity index (χ4n) is 4.37. The van der Waals surface area contributed by atoms with E-state index in [1.54, 1.807) is 4.90 Å². The molecule has 3 heterocycles. The number of benzene rings is 2. The summed E-state index contributed by atoms with van der Waals surface area (Å²) >= 11 is 0. The molecular weight excluding hydrogens is 384 g/mol. The maximum Gasteiger partial charge on any atom is 0.255 e. The molecule has 0 spiro atoms. The number of ether oxygens (including phenoxy) is 1. The number of rotatable bonds is 3. The minimum absolute atomic E-state index is 0.159. The molecule has 3 N–H and O–H groups in total. The molecular formula is C22H22N4O4. The van der Waals surface area contributed by atoms with E-state index in [0.29, 0.717) is 37.4 Å². The van der Waals surface area contributed by atoms with E-state index in [4.69, 9.17) is 10.5 Å². The van der Waals surface area contributed by atoms with Gasteiger partial charge >= 0.3 is 0 Å². The maximum absolute atomic E-state index is 13.0. The van der Waals surface area contributed by atoms with Crippen LogP contribution in [0, 0.1) is 0 Å². The normalized spacial score (nSPS) is 20.5. The quantitative estimate of drug-likeness (QED) is 0.590. The van der Waals surface area contributed by atoms with Crippen molar-refractivity contribution in [2.45, 2.75) is 32.0 Å². The first-order valence-electron chi connectivity index (χ1n) is 10.0. The van der Waals surface area contributed by atoms with Crippen LogP contribution in [0.15, 0.2) is 36.4 Å². The molecule has 3 aliphatic heterocycles. The fourth-order valence-corrected chi connectivity index (χ4v) is 4.37. The zero-order valence-electron chi connectivity index (χ0n) is 16.4. The Kier molecular flexibility index (Phi) is 4.34. The van der Waals surface area contributed by atoms with E-state index in [2.05, 4.69) is 10.2 Å². The molecule has 0 saturated carbocycles. The average Bonchev–Trinajstić information content (AvgIpc) is 3.04. The Morgan fingerprint density at radius 2 is 2.00 bits per heavy atom. The first kappa shape index (κ1) is 18.5. The predicted molar refractivity (Wildman–Crippen MR) is 110 cm³/mol. The molecule has 1 saturated heterocycles. The van der Waals surface area contributed by atoms with Gasteiger partial charge in [-0.3, -0.25) is 19.7 Å². The Morgan fingerprint density at radius 1 is 1.13 bits per heavy atom. The highest BCUT2D eigenvalue weighted by molar-refractivity contribution is 6.05. The van der Waals surface area contributed by atoms with Crippen LogP contribution in [-0.4, -0.2) is 41.8 Å². The molecule has 8 heteroatoms. The number of amides is 3. The van der Waals surface area contributed by atoms with E-state index in [0.717, 1.165) is 29.1 Å². The van der Waals surface area contributed by atoms with Gasteiger partial charge in [-0.15, -0.1) is 0 Å². The summed E-state index contributed by atoms with van der Waals surface area (Å²) in [6.07, 6.45) is 0.616. The summed E-state index contributed by atoms with van der Waals surface area (Å²) < 4.78 is 5.72. The highest BCUT2D eigenvalue weighted by Gasteiger charge is 2.39. The number of hydrogen-bond acceptors (Lipinski definition) is 6. The van der Waals surface area contributed by atoms with Gasteiger partial charge in [-0.25, -0.2) is 0 Å². The van der Waals surface area contributed by atoms with Crippen LogP contribution < -0.4 is 20.7 Å². The lowest BCUT2D eigenvalue weighted by Crippen LogP contribution is -2.52. The number of nitrogens with one attached hydrogen (secondary N) is 1. The topological polar surface area (TPSA) is 105 Å². The van der Waals surface area contributed by atoms with Gasteiger partial charge in [-0.1, -0.05) is 12.1 Å². The van der Waals surface area contributed by atoms with Crippen molar-refractivity contribution in [2.24, 2.45) is 0 Å². The van der Waals surface area contributed by atoms with Gasteiger partial charge in [0.25, 0.3) is 5.91 Å². The monoisotopic (exact) mass is 406 g/mol. The lowest BCUT2D eigenvalue weighted by atomic mass is 10.0. The van der Waals surface area contributed by atoms with Crippen molar-refractivity contribution in [3.05, 3.63) is 53.1 Å². The Balaban J connectivity index is 1.37. The van der Waals surface area contributed by atoms with E-state index >= 15 is 0 Å². The van der Waals surface area contributed by atoms with Crippen molar-refractivity contribution in [1.82, 2.24) is 10.2 Å². The Bertz CT molecular complexity index is 1070. The maximum atomic E-state index is 13.0. The second-order valence-corrected chi connectivity index (χ2v) is 7.89. The number of nitrogens with zero attached hydrogens (tertiary/aromatic N) is 2. The third-order valence-electron chi connectivity index (χ3n) is 5.91. The smallest absolute Gasteiger partial charge is 0.255 e. The molecule has 0 bridgehead atoms. The van der Waals surface area contributed by atoms with Gasteiger partial charge in [0, 0.05) is 30.8 Å². The lowest BCUT2D eigenvalue weighted by molar-refractivity contribution is -0.136. The van der Waals surface area contributed by atoms with Gasteiger partial charge in [-0.2, -0.15) is 0 Å². The van der Waals surface area contributed by atoms with Crippen molar-refractivity contribution in [3.63, 3.8) is 0 Å². The third-order valence-corrected chi connectivity index (χ3v) is 5.91. The summed E-state index contributed by atoms with van der Waals surface area (Å²) in [4.78, 5) is 40.4. The van der Waals surface area contributed by atoms with Gasteiger partial charge in [0.1, 0.15) is 18.4 Å². The molecule has 3 aliphatic rings. The lowest BCUT2D eigenvalue weighted by Gasteiger charge is -2.31. The molecule has 1 unspecified atom stereocenters. The average molecular weight is 406 g/mol. The molecule has 2 aromatic rings. The molecule has 0 aromatic heterocycles. The van der Waals surface area contributed by atoms with Gasteiger partial charge in [0.15, 0.2) is 0 Å². The molecule has 0 radical (unpaired) electrons. The van der Waals surface area contributed by atoms with E-state index in [9.17, 15) is 14.4 Å². The van der Waals surface area contributed by atoms with Crippen LogP contribution >= 0.6 is 0 Å². The van der Waals surface area contributed by atoms with Crippen LogP contribution in [0.2, 0.25) is 0 Å². The van der Waals surface area contributed by atoms with E-state index in [-0.39, 0.29) is 18.2 Å². The van der Waals surface area contributed by atoms with Gasteiger partial charge in [0.2, 0.25) is 11.8 Å². The van der Waals surface area contributed by atoms with Crippen molar-refractivity contribution in [2.75, 3.05) is 23.8 Å². The summed E-state index contributed by atoms with van der Waals surface area (Å²) in [5.74, 6) is -0.0334. The van der Waals surface area contributed by atoms with E-state index in [1.165, 1.54) is 0 Å². The molecule has 1 fully saturated rings. The van der Waals surface area contributed by atoms with E-state index < -0.39 is 11.9 Å². The third kappa shape index (κ3) is 3.14. The molecule has 8 nitrogen and oxygen atoms in total. The standard InChI is InChI=1S/C22H22N4O4/c23-15-3-5-19-18(10-15)25(7-8-30-19)11-13-1-2-14-12-26(22(29)16(14)9-13)17-4-6-20(27)24-21(17)28/h1-3,5,9-10,17H,4,6-8,11-12,23H2,(H,24,27,28). The number of nitrogens with two attached hydrogens (primary N) is 1. The van der Waals surface area contributed by atoms with Crippen LogP contribution in [0.3, 0.4) is 0 Å². The van der Waals surface area contributed by atoms with Crippen LogP contribution in [0.4, 0.5) is 11.4 Å². The second kappa shape index (κ2) is 7.05. The molecule has 2 aromatic carbocycles. The van der Waals surface area contributed by atoms with Gasteiger partial charge in [-0.05, 0) is 41.8 Å². The number of piperidine rings is 1.